The zero-order chi connectivity index (χ0) is 24.2. The van der Waals surface area contributed by atoms with Crippen LogP contribution in [0.15, 0.2) is 52.6 Å². The molecular weight excluding hydrogens is 451 g/mol. The molecule has 3 heterocycles. The fourth-order valence-electron chi connectivity index (χ4n) is 4.58. The maximum Gasteiger partial charge on any atom is 0.406 e. The number of hydrazine groups is 1. The van der Waals surface area contributed by atoms with Crippen LogP contribution in [0.25, 0.3) is 16.7 Å². The Morgan fingerprint density at radius 1 is 1.24 bits per heavy atom. The molecule has 3 atom stereocenters. The Hall–Kier alpha value is -3.57. The predicted octanol–water partition coefficient (Wildman–Crippen LogP) is 3.02. The summed E-state index contributed by atoms with van der Waals surface area (Å²) in [5.74, 6) is -1.33. The van der Waals surface area contributed by atoms with Gasteiger partial charge in [-0.3, -0.25) is 4.79 Å². The van der Waals surface area contributed by atoms with Crippen LogP contribution in [0.5, 0.6) is 5.75 Å². The summed E-state index contributed by atoms with van der Waals surface area (Å²) in [7, 11) is 1.47. The highest BCUT2D eigenvalue weighted by Crippen LogP contribution is 2.42. The number of ether oxygens (including phenoxy) is 1. The zero-order valence-corrected chi connectivity index (χ0v) is 18.3. The minimum atomic E-state index is -4.59. The van der Waals surface area contributed by atoms with Crippen molar-refractivity contribution in [3.63, 3.8) is 0 Å². The second-order valence-electron chi connectivity index (χ2n) is 8.22. The second kappa shape index (κ2) is 8.03. The van der Waals surface area contributed by atoms with Crippen LogP contribution in [-0.2, 0) is 11.3 Å². The van der Waals surface area contributed by atoms with Gasteiger partial charge in [-0.1, -0.05) is 30.3 Å². The van der Waals surface area contributed by atoms with Crippen LogP contribution >= 0.6 is 0 Å². The molecule has 0 radical (unpaired) electrons. The lowest BCUT2D eigenvalue weighted by Gasteiger charge is -2.34. The van der Waals surface area contributed by atoms with E-state index in [4.69, 9.17) is 14.9 Å². The van der Waals surface area contributed by atoms with Gasteiger partial charge in [0.05, 0.1) is 13.0 Å². The number of carbonyl (C=O) groups excluding carboxylic acids is 1. The highest BCUT2D eigenvalue weighted by Gasteiger charge is 2.58. The summed E-state index contributed by atoms with van der Waals surface area (Å²) < 4.78 is 53.1. The first-order valence-corrected chi connectivity index (χ1v) is 10.6. The Morgan fingerprint density at radius 2 is 1.97 bits per heavy atom. The number of benzene rings is 2. The van der Waals surface area contributed by atoms with Gasteiger partial charge in [0.25, 0.3) is 5.91 Å². The minimum Gasteiger partial charge on any atom is -0.494 e. The lowest BCUT2D eigenvalue weighted by atomic mass is 9.89. The van der Waals surface area contributed by atoms with Crippen LogP contribution < -0.4 is 21.2 Å². The van der Waals surface area contributed by atoms with Gasteiger partial charge in [-0.25, -0.2) is 15.4 Å². The van der Waals surface area contributed by atoms with E-state index in [-0.39, 0.29) is 18.0 Å². The number of fused-ring (bicyclic) bond motifs is 2. The first kappa shape index (κ1) is 22.2. The number of carbonyl (C=O) groups is 1. The Kier molecular flexibility index (Phi) is 5.25. The second-order valence-corrected chi connectivity index (χ2v) is 8.22. The maximum absolute atomic E-state index is 14.0. The number of nitrogens with one attached hydrogen (secondary N) is 2. The zero-order valence-electron chi connectivity index (χ0n) is 18.3. The lowest BCUT2D eigenvalue weighted by molar-refractivity contribution is -0.161. The molecule has 0 bridgehead atoms. The van der Waals surface area contributed by atoms with Crippen molar-refractivity contribution >= 4 is 22.6 Å². The molecule has 2 aromatic carbocycles. The third-order valence-corrected chi connectivity index (χ3v) is 6.15. The summed E-state index contributed by atoms with van der Waals surface area (Å²) in [4.78, 5) is 17.9. The summed E-state index contributed by atoms with van der Waals surface area (Å²) in [5, 5.41) is 4.06. The maximum atomic E-state index is 14.0. The average molecular weight is 473 g/mol. The number of halogens is 3. The van der Waals surface area contributed by atoms with Gasteiger partial charge in [-0.2, -0.15) is 13.2 Å². The van der Waals surface area contributed by atoms with Crippen molar-refractivity contribution in [2.75, 3.05) is 7.11 Å². The van der Waals surface area contributed by atoms with E-state index in [0.717, 1.165) is 10.6 Å². The molecule has 2 aliphatic heterocycles. The van der Waals surface area contributed by atoms with Gasteiger partial charge in [-0.15, -0.1) is 0 Å². The average Bonchev–Trinajstić information content (AvgIpc) is 3.40. The van der Waals surface area contributed by atoms with Crippen molar-refractivity contribution in [2.24, 2.45) is 5.73 Å². The van der Waals surface area contributed by atoms with E-state index in [1.54, 1.807) is 49.4 Å². The first-order valence-electron chi connectivity index (χ1n) is 10.6. The molecule has 8 nitrogen and oxygen atoms in total. The highest BCUT2D eigenvalue weighted by atomic mass is 19.4. The molecule has 1 fully saturated rings. The summed E-state index contributed by atoms with van der Waals surface area (Å²) in [6.07, 6.45) is -5.54. The Balaban J connectivity index is 1.58. The largest absolute Gasteiger partial charge is 0.494 e. The molecule has 4 N–H and O–H groups in total. The molecule has 2 aliphatic rings. The SMILES string of the molecule is COc1cc(CN)cc2oc(C3=C(C)NC4C(c5ccccc5)C(C(F)(F)F)NN4C3=O)nc12. The van der Waals surface area contributed by atoms with Gasteiger partial charge in [0.1, 0.15) is 23.5 Å². The highest BCUT2D eigenvalue weighted by molar-refractivity contribution is 6.20. The van der Waals surface area contributed by atoms with E-state index in [2.05, 4.69) is 15.7 Å². The number of amides is 1. The van der Waals surface area contributed by atoms with Gasteiger partial charge in [-0.05, 0) is 30.2 Å². The van der Waals surface area contributed by atoms with E-state index in [1.165, 1.54) is 7.11 Å². The fourth-order valence-corrected chi connectivity index (χ4v) is 4.58. The number of nitrogens with two attached hydrogens (primary N) is 1. The van der Waals surface area contributed by atoms with Crippen molar-refractivity contribution in [2.45, 2.75) is 37.8 Å². The third-order valence-electron chi connectivity index (χ3n) is 6.15. The summed E-state index contributed by atoms with van der Waals surface area (Å²) in [5.41, 5.74) is 10.4. The first-order chi connectivity index (χ1) is 16.2. The van der Waals surface area contributed by atoms with E-state index in [0.29, 0.717) is 28.1 Å². The van der Waals surface area contributed by atoms with E-state index >= 15 is 0 Å². The standard InChI is InChI=1S/C23H22F3N5O3/c1-11-16(21-29-18-14(33-2)8-12(10-27)9-15(18)34-21)22(32)31-20(28-11)17(13-6-4-3-5-7-13)19(30-31)23(24,25)26/h3-9,17,19-20,28,30H,10,27H2,1-2H3. The lowest BCUT2D eigenvalue weighted by Crippen LogP contribution is -2.54. The van der Waals surface area contributed by atoms with E-state index < -0.39 is 30.2 Å². The number of hydrogen-bond donors (Lipinski definition) is 3. The quantitative estimate of drug-likeness (QED) is 0.535. The number of methoxy groups -OCH3 is 1. The Labute approximate surface area is 192 Å². The molecule has 0 saturated carbocycles. The number of oxazole rings is 1. The molecule has 3 aromatic rings. The molecule has 1 saturated heterocycles. The molecule has 1 amide bonds. The topological polar surface area (TPSA) is 106 Å². The fraction of sp³-hybridized carbons (Fsp3) is 0.304. The van der Waals surface area contributed by atoms with Gasteiger partial charge in [0, 0.05) is 12.2 Å². The number of allylic oxidation sites excluding steroid dienone is 1. The minimum absolute atomic E-state index is 0.0237. The molecule has 5 rings (SSSR count). The number of aromatic nitrogens is 1. The van der Waals surface area contributed by atoms with Crippen LogP contribution in [0.2, 0.25) is 0 Å². The molecule has 178 valence electrons. The van der Waals surface area contributed by atoms with Gasteiger partial charge < -0.3 is 20.2 Å². The molecule has 0 spiro atoms. The van der Waals surface area contributed by atoms with Crippen LogP contribution in [-0.4, -0.2) is 41.4 Å². The van der Waals surface area contributed by atoms with Crippen LogP contribution in [0.4, 0.5) is 13.2 Å². The van der Waals surface area contributed by atoms with Crippen LogP contribution in [0.1, 0.15) is 29.9 Å². The number of alkyl halides is 3. The number of hydrogen-bond acceptors (Lipinski definition) is 7. The Bertz CT molecular complexity index is 1290. The van der Waals surface area contributed by atoms with Crippen molar-refractivity contribution in [1.82, 2.24) is 20.7 Å². The predicted molar refractivity (Wildman–Crippen MR) is 117 cm³/mol. The number of nitrogens with zero attached hydrogens (tertiary/aromatic N) is 2. The van der Waals surface area contributed by atoms with Crippen molar-refractivity contribution in [1.29, 1.82) is 0 Å². The van der Waals surface area contributed by atoms with Gasteiger partial charge in [0.2, 0.25) is 5.89 Å². The van der Waals surface area contributed by atoms with E-state index in [1.807, 2.05) is 0 Å². The summed E-state index contributed by atoms with van der Waals surface area (Å²) in [6, 6.07) is 9.76. The summed E-state index contributed by atoms with van der Waals surface area (Å²) >= 11 is 0. The summed E-state index contributed by atoms with van der Waals surface area (Å²) in [6.45, 7) is 1.86. The van der Waals surface area contributed by atoms with Crippen molar-refractivity contribution in [3.8, 4) is 5.75 Å². The molecular formula is C23H22F3N5O3. The molecule has 11 heteroatoms. The smallest absolute Gasteiger partial charge is 0.406 e. The molecule has 3 unspecified atom stereocenters. The molecule has 34 heavy (non-hydrogen) atoms. The monoisotopic (exact) mass is 473 g/mol. The molecule has 1 aromatic heterocycles. The molecule has 0 aliphatic carbocycles. The third kappa shape index (κ3) is 3.48. The van der Waals surface area contributed by atoms with Crippen molar-refractivity contribution in [3.05, 3.63) is 65.2 Å². The Morgan fingerprint density at radius 3 is 2.62 bits per heavy atom. The van der Waals surface area contributed by atoms with Gasteiger partial charge in [0.15, 0.2) is 11.1 Å². The van der Waals surface area contributed by atoms with Crippen molar-refractivity contribution < 1.29 is 27.1 Å². The van der Waals surface area contributed by atoms with Crippen LogP contribution in [0, 0.1) is 0 Å². The van der Waals surface area contributed by atoms with Crippen LogP contribution in [0.3, 0.4) is 0 Å². The van der Waals surface area contributed by atoms with Gasteiger partial charge >= 0.3 is 6.18 Å². The number of rotatable bonds is 4. The normalized spacial score (nSPS) is 22.8. The van der Waals surface area contributed by atoms with E-state index in [9.17, 15) is 18.0 Å².